The van der Waals surface area contributed by atoms with Crippen LogP contribution in [0.15, 0.2) is 40.2 Å². The molecule has 0 aliphatic heterocycles. The van der Waals surface area contributed by atoms with Crippen LogP contribution in [0.3, 0.4) is 0 Å². The first-order chi connectivity index (χ1) is 11.7. The third-order valence-corrected chi connectivity index (χ3v) is 5.03. The number of hydrazine groups is 1. The van der Waals surface area contributed by atoms with E-state index in [0.29, 0.717) is 10.4 Å². The lowest BCUT2D eigenvalue weighted by atomic mass is 9.96. The summed E-state index contributed by atoms with van der Waals surface area (Å²) in [6.07, 6.45) is -4.36. The zero-order valence-electron chi connectivity index (χ0n) is 13.0. The fourth-order valence-corrected chi connectivity index (χ4v) is 3.35. The van der Waals surface area contributed by atoms with Crippen molar-refractivity contribution in [2.75, 3.05) is 0 Å². The van der Waals surface area contributed by atoms with E-state index in [0.717, 1.165) is 15.9 Å². The zero-order chi connectivity index (χ0) is 18.6. The molecule has 1 atom stereocenters. The van der Waals surface area contributed by atoms with Crippen LogP contribution in [0.25, 0.3) is 0 Å². The molecule has 1 aromatic heterocycles. The minimum Gasteiger partial charge on any atom is -0.273 e. The summed E-state index contributed by atoms with van der Waals surface area (Å²) in [5, 5.41) is 0. The highest BCUT2D eigenvalue weighted by Crippen LogP contribution is 2.30. The summed E-state index contributed by atoms with van der Waals surface area (Å²) in [5.41, 5.74) is 4.47. The summed E-state index contributed by atoms with van der Waals surface area (Å²) in [7, 11) is 0. The van der Waals surface area contributed by atoms with Gasteiger partial charge in [-0.3, -0.25) is 20.4 Å². The molecule has 0 bridgehead atoms. The van der Waals surface area contributed by atoms with Gasteiger partial charge in [0.25, 0.3) is 5.91 Å². The first-order valence-electron chi connectivity index (χ1n) is 7.18. The van der Waals surface area contributed by atoms with E-state index in [1.54, 1.807) is 19.1 Å². The largest absolute Gasteiger partial charge is 0.416 e. The first kappa shape index (κ1) is 19.5. The van der Waals surface area contributed by atoms with Crippen LogP contribution < -0.4 is 10.9 Å². The maximum atomic E-state index is 12.5. The number of rotatable bonds is 4. The molecule has 4 nitrogen and oxygen atoms in total. The number of carbonyl (C=O) groups is 2. The Hall–Kier alpha value is -1.87. The van der Waals surface area contributed by atoms with Gasteiger partial charge in [-0.15, -0.1) is 11.3 Å². The standard InChI is InChI=1S/C16H14BrF3N2O2S/c1-9(10-2-4-11(5-3-10)16(18,19)20)8-14(23)21-22-15(24)12-6-7-13(17)25-12/h2-7,9H,8H2,1H3,(H,21,23)(H,22,24). The Morgan fingerprint density at radius 2 is 1.76 bits per heavy atom. The van der Waals surface area contributed by atoms with Crippen molar-refractivity contribution in [3.63, 3.8) is 0 Å². The molecule has 0 spiro atoms. The minimum absolute atomic E-state index is 0.0276. The Bertz CT molecular complexity index is 759. The number of alkyl halides is 3. The highest BCUT2D eigenvalue weighted by Gasteiger charge is 2.30. The molecule has 134 valence electrons. The summed E-state index contributed by atoms with van der Waals surface area (Å²) >= 11 is 4.46. The van der Waals surface area contributed by atoms with Crippen molar-refractivity contribution in [2.24, 2.45) is 0 Å². The molecule has 0 saturated heterocycles. The monoisotopic (exact) mass is 434 g/mol. The van der Waals surface area contributed by atoms with Crippen molar-refractivity contribution in [1.82, 2.24) is 10.9 Å². The lowest BCUT2D eigenvalue weighted by molar-refractivity contribution is -0.137. The molecule has 1 aromatic carbocycles. The van der Waals surface area contributed by atoms with Gasteiger partial charge < -0.3 is 0 Å². The summed E-state index contributed by atoms with van der Waals surface area (Å²) in [6.45, 7) is 1.72. The van der Waals surface area contributed by atoms with Gasteiger partial charge in [-0.25, -0.2) is 0 Å². The van der Waals surface area contributed by atoms with Crippen LogP contribution in [0.4, 0.5) is 13.2 Å². The SMILES string of the molecule is CC(CC(=O)NNC(=O)c1ccc(Br)s1)c1ccc(C(F)(F)F)cc1. The molecule has 0 aliphatic rings. The van der Waals surface area contributed by atoms with Gasteiger partial charge in [-0.05, 0) is 51.7 Å². The Balaban J connectivity index is 1.86. The van der Waals surface area contributed by atoms with Gasteiger partial charge in [0, 0.05) is 6.42 Å². The molecular weight excluding hydrogens is 421 g/mol. The van der Waals surface area contributed by atoms with E-state index in [2.05, 4.69) is 26.8 Å². The van der Waals surface area contributed by atoms with Gasteiger partial charge in [0.2, 0.25) is 5.91 Å². The topological polar surface area (TPSA) is 58.2 Å². The molecule has 1 heterocycles. The van der Waals surface area contributed by atoms with E-state index in [9.17, 15) is 22.8 Å². The zero-order valence-corrected chi connectivity index (χ0v) is 15.4. The number of amides is 2. The molecule has 0 saturated carbocycles. The van der Waals surface area contributed by atoms with Crippen LogP contribution in [-0.2, 0) is 11.0 Å². The summed E-state index contributed by atoms with van der Waals surface area (Å²) in [4.78, 5) is 24.1. The molecule has 2 amide bonds. The maximum Gasteiger partial charge on any atom is 0.416 e. The second kappa shape index (κ2) is 8.01. The third kappa shape index (κ3) is 5.57. The minimum atomic E-state index is -4.39. The summed E-state index contributed by atoms with van der Waals surface area (Å²) < 4.78 is 38.4. The number of hydrogen-bond donors (Lipinski definition) is 2. The van der Waals surface area contributed by atoms with E-state index in [1.165, 1.54) is 23.5 Å². The number of nitrogens with one attached hydrogen (secondary N) is 2. The van der Waals surface area contributed by atoms with Crippen LogP contribution in [0.5, 0.6) is 0 Å². The van der Waals surface area contributed by atoms with Crippen molar-refractivity contribution in [3.8, 4) is 0 Å². The maximum absolute atomic E-state index is 12.5. The van der Waals surface area contributed by atoms with Gasteiger partial charge in [0.1, 0.15) is 0 Å². The Kier molecular flexibility index (Phi) is 6.23. The summed E-state index contributed by atoms with van der Waals surface area (Å²) in [5.74, 6) is -1.17. The van der Waals surface area contributed by atoms with Crippen LogP contribution in [0.2, 0.25) is 0 Å². The molecule has 0 aliphatic carbocycles. The van der Waals surface area contributed by atoms with Crippen LogP contribution in [0, 0.1) is 0 Å². The number of benzene rings is 1. The van der Waals surface area contributed by atoms with Crippen LogP contribution >= 0.6 is 27.3 Å². The normalized spacial score (nSPS) is 12.5. The Labute approximate surface area is 154 Å². The molecule has 9 heteroatoms. The van der Waals surface area contributed by atoms with Crippen molar-refractivity contribution >= 4 is 39.1 Å². The van der Waals surface area contributed by atoms with E-state index >= 15 is 0 Å². The highest BCUT2D eigenvalue weighted by molar-refractivity contribution is 9.11. The smallest absolute Gasteiger partial charge is 0.273 e. The predicted octanol–water partition coefficient (Wildman–Crippen LogP) is 4.48. The second-order valence-electron chi connectivity index (χ2n) is 5.33. The molecule has 2 rings (SSSR count). The van der Waals surface area contributed by atoms with E-state index in [-0.39, 0.29) is 12.3 Å². The van der Waals surface area contributed by atoms with Gasteiger partial charge in [0.05, 0.1) is 14.2 Å². The molecule has 0 fully saturated rings. The lowest BCUT2D eigenvalue weighted by Crippen LogP contribution is -2.41. The molecular formula is C16H14BrF3N2O2S. The average Bonchev–Trinajstić information content (AvgIpc) is 2.98. The highest BCUT2D eigenvalue weighted by atomic mass is 79.9. The van der Waals surface area contributed by atoms with Gasteiger partial charge in [-0.1, -0.05) is 19.1 Å². The summed E-state index contributed by atoms with van der Waals surface area (Å²) in [6, 6.07) is 8.00. The van der Waals surface area contributed by atoms with Gasteiger partial charge in [-0.2, -0.15) is 13.2 Å². The van der Waals surface area contributed by atoms with Gasteiger partial charge >= 0.3 is 6.18 Å². The number of thiophene rings is 1. The van der Waals surface area contributed by atoms with E-state index in [4.69, 9.17) is 0 Å². The van der Waals surface area contributed by atoms with Crippen molar-refractivity contribution < 1.29 is 22.8 Å². The third-order valence-electron chi connectivity index (χ3n) is 3.41. The predicted molar refractivity (Wildman–Crippen MR) is 92.1 cm³/mol. The Morgan fingerprint density at radius 3 is 2.28 bits per heavy atom. The number of halogens is 4. The average molecular weight is 435 g/mol. The van der Waals surface area contributed by atoms with Gasteiger partial charge in [0.15, 0.2) is 0 Å². The second-order valence-corrected chi connectivity index (χ2v) is 7.79. The fraction of sp³-hybridized carbons (Fsp3) is 0.250. The first-order valence-corrected chi connectivity index (χ1v) is 8.79. The molecule has 1 unspecified atom stereocenters. The molecule has 2 aromatic rings. The quantitative estimate of drug-likeness (QED) is 0.696. The molecule has 0 radical (unpaired) electrons. The molecule has 25 heavy (non-hydrogen) atoms. The number of hydrogen-bond acceptors (Lipinski definition) is 3. The van der Waals surface area contributed by atoms with Crippen molar-refractivity contribution in [1.29, 1.82) is 0 Å². The van der Waals surface area contributed by atoms with Crippen molar-refractivity contribution in [3.05, 3.63) is 56.2 Å². The fourth-order valence-electron chi connectivity index (χ4n) is 2.07. The van der Waals surface area contributed by atoms with Crippen LogP contribution in [0.1, 0.15) is 40.1 Å². The van der Waals surface area contributed by atoms with Crippen molar-refractivity contribution in [2.45, 2.75) is 25.4 Å². The van der Waals surface area contributed by atoms with Crippen LogP contribution in [-0.4, -0.2) is 11.8 Å². The Morgan fingerprint density at radius 1 is 1.12 bits per heavy atom. The lowest BCUT2D eigenvalue weighted by Gasteiger charge is -2.14. The molecule has 2 N–H and O–H groups in total. The van der Waals surface area contributed by atoms with E-state index < -0.39 is 23.6 Å². The van der Waals surface area contributed by atoms with E-state index in [1.807, 2.05) is 0 Å². The number of carbonyl (C=O) groups excluding carboxylic acids is 2.